The van der Waals surface area contributed by atoms with E-state index < -0.39 is 0 Å². The summed E-state index contributed by atoms with van der Waals surface area (Å²) in [7, 11) is 0. The van der Waals surface area contributed by atoms with Gasteiger partial charge in [-0.25, -0.2) is 9.97 Å². The predicted molar refractivity (Wildman–Crippen MR) is 84.4 cm³/mol. The van der Waals surface area contributed by atoms with Crippen LogP contribution in [0.3, 0.4) is 0 Å². The van der Waals surface area contributed by atoms with Crippen LogP contribution in [-0.4, -0.2) is 15.0 Å². The minimum absolute atomic E-state index is 0.513. The van der Waals surface area contributed by atoms with Crippen LogP contribution in [0.2, 0.25) is 0 Å². The first-order valence-corrected chi connectivity index (χ1v) is 7.01. The van der Waals surface area contributed by atoms with Crippen LogP contribution in [0.1, 0.15) is 11.3 Å². The first kappa shape index (κ1) is 13.0. The highest BCUT2D eigenvalue weighted by Crippen LogP contribution is 2.31. The molecule has 100 valence electrons. The van der Waals surface area contributed by atoms with Crippen LogP contribution >= 0.6 is 15.9 Å². The quantitative estimate of drug-likeness (QED) is 0.740. The van der Waals surface area contributed by atoms with Crippen molar-refractivity contribution in [3.63, 3.8) is 0 Å². The fraction of sp³-hybridized carbons (Fsp3) is 0.133. The molecule has 0 radical (unpaired) electrons. The lowest BCUT2D eigenvalue weighted by molar-refractivity contribution is 1.08. The summed E-state index contributed by atoms with van der Waals surface area (Å²) in [4.78, 5) is 13.4. The van der Waals surface area contributed by atoms with Gasteiger partial charge in [-0.2, -0.15) is 0 Å². The lowest BCUT2D eigenvalue weighted by atomic mass is 10.1. The summed E-state index contributed by atoms with van der Waals surface area (Å²) in [5, 5.41) is 1.03. The smallest absolute Gasteiger partial charge is 0.163 e. The molecule has 5 heteroatoms. The van der Waals surface area contributed by atoms with E-state index in [1.54, 1.807) is 6.20 Å². The summed E-state index contributed by atoms with van der Waals surface area (Å²) < 4.78 is 1.00. The lowest BCUT2D eigenvalue weighted by Gasteiger charge is -2.09. The summed E-state index contributed by atoms with van der Waals surface area (Å²) in [5.74, 6) is 1.13. The highest BCUT2D eigenvalue weighted by Gasteiger charge is 2.12. The molecule has 0 amide bonds. The average molecular weight is 329 g/mol. The molecule has 0 fully saturated rings. The Labute approximate surface area is 125 Å². The fourth-order valence-corrected chi connectivity index (χ4v) is 2.54. The zero-order chi connectivity index (χ0) is 14.3. The number of anilines is 1. The van der Waals surface area contributed by atoms with E-state index in [0.29, 0.717) is 11.6 Å². The van der Waals surface area contributed by atoms with Gasteiger partial charge in [0, 0.05) is 32.9 Å². The summed E-state index contributed by atoms with van der Waals surface area (Å²) in [5.41, 5.74) is 9.51. The molecule has 20 heavy (non-hydrogen) atoms. The third-order valence-corrected chi connectivity index (χ3v) is 4.08. The first-order chi connectivity index (χ1) is 9.58. The van der Waals surface area contributed by atoms with E-state index in [4.69, 9.17) is 5.73 Å². The molecule has 0 aliphatic rings. The number of hydrogen-bond acceptors (Lipinski definition) is 4. The number of aryl methyl sites for hydroxylation is 1. The number of nitrogens with two attached hydrogens (primary N) is 1. The second-order valence-corrected chi connectivity index (χ2v) is 5.49. The van der Waals surface area contributed by atoms with Gasteiger partial charge in [-0.3, -0.25) is 4.98 Å². The van der Waals surface area contributed by atoms with Crippen molar-refractivity contribution in [3.05, 3.63) is 46.2 Å². The Morgan fingerprint density at radius 2 is 1.90 bits per heavy atom. The molecule has 0 unspecified atom stereocenters. The average Bonchev–Trinajstić information content (AvgIpc) is 2.45. The van der Waals surface area contributed by atoms with Gasteiger partial charge >= 0.3 is 0 Å². The van der Waals surface area contributed by atoms with Gasteiger partial charge in [0.05, 0.1) is 5.52 Å². The highest BCUT2D eigenvalue weighted by atomic mass is 79.9. The van der Waals surface area contributed by atoms with E-state index in [1.807, 2.05) is 38.1 Å². The van der Waals surface area contributed by atoms with Crippen LogP contribution in [0.15, 0.2) is 34.9 Å². The summed E-state index contributed by atoms with van der Waals surface area (Å²) in [6.07, 6.45) is 1.77. The monoisotopic (exact) mass is 328 g/mol. The van der Waals surface area contributed by atoms with Crippen LogP contribution in [0.4, 0.5) is 5.82 Å². The molecule has 2 heterocycles. The molecule has 0 saturated carbocycles. The third-order valence-electron chi connectivity index (χ3n) is 3.38. The lowest BCUT2D eigenvalue weighted by Crippen LogP contribution is -2.02. The number of pyridine rings is 1. The van der Waals surface area contributed by atoms with Gasteiger partial charge in [-0.05, 0) is 32.0 Å². The van der Waals surface area contributed by atoms with E-state index in [9.17, 15) is 0 Å². The van der Waals surface area contributed by atoms with Gasteiger partial charge in [0.2, 0.25) is 0 Å². The molecule has 3 aromatic rings. The molecule has 0 aliphatic carbocycles. The Bertz CT molecular complexity index is 791. The van der Waals surface area contributed by atoms with Crippen molar-refractivity contribution < 1.29 is 0 Å². The third kappa shape index (κ3) is 2.04. The Morgan fingerprint density at radius 3 is 2.65 bits per heavy atom. The molecule has 0 atom stereocenters. The SMILES string of the molecule is Cc1nc(-c2ccc(Br)c3cccnc23)nc(N)c1C. The number of rotatable bonds is 1. The maximum Gasteiger partial charge on any atom is 0.163 e. The number of hydrogen-bond donors (Lipinski definition) is 1. The molecule has 0 bridgehead atoms. The number of aromatic nitrogens is 3. The zero-order valence-corrected chi connectivity index (χ0v) is 12.8. The maximum atomic E-state index is 5.95. The van der Waals surface area contributed by atoms with Gasteiger partial charge in [0.1, 0.15) is 5.82 Å². The minimum atomic E-state index is 0.513. The fourth-order valence-electron chi connectivity index (χ4n) is 2.09. The predicted octanol–water partition coefficient (Wildman–Crippen LogP) is 3.65. The second kappa shape index (κ2) is 4.83. The Morgan fingerprint density at radius 1 is 1.10 bits per heavy atom. The van der Waals surface area contributed by atoms with Gasteiger partial charge in [0.25, 0.3) is 0 Å². The van der Waals surface area contributed by atoms with Gasteiger partial charge in [0.15, 0.2) is 5.82 Å². The van der Waals surface area contributed by atoms with Gasteiger partial charge < -0.3 is 5.73 Å². The molecule has 3 rings (SSSR count). The Balaban J connectivity index is 2.33. The van der Waals surface area contributed by atoms with E-state index in [0.717, 1.165) is 32.2 Å². The Kier molecular flexibility index (Phi) is 3.14. The van der Waals surface area contributed by atoms with Crippen molar-refractivity contribution in [3.8, 4) is 11.4 Å². The summed E-state index contributed by atoms with van der Waals surface area (Å²) >= 11 is 3.54. The van der Waals surface area contributed by atoms with Crippen LogP contribution in [0.25, 0.3) is 22.3 Å². The van der Waals surface area contributed by atoms with Crippen LogP contribution in [0.5, 0.6) is 0 Å². The summed E-state index contributed by atoms with van der Waals surface area (Å²) in [6.45, 7) is 3.86. The molecular formula is C15H13BrN4. The highest BCUT2D eigenvalue weighted by molar-refractivity contribution is 9.10. The zero-order valence-electron chi connectivity index (χ0n) is 11.2. The van der Waals surface area contributed by atoms with Gasteiger partial charge in [-0.1, -0.05) is 22.0 Å². The van der Waals surface area contributed by atoms with E-state index in [2.05, 4.69) is 30.9 Å². The van der Waals surface area contributed by atoms with E-state index in [-0.39, 0.29) is 0 Å². The number of fused-ring (bicyclic) bond motifs is 1. The molecule has 0 saturated heterocycles. The second-order valence-electron chi connectivity index (χ2n) is 4.64. The van der Waals surface area contributed by atoms with E-state index in [1.165, 1.54) is 0 Å². The van der Waals surface area contributed by atoms with E-state index >= 15 is 0 Å². The van der Waals surface area contributed by atoms with Crippen LogP contribution in [0, 0.1) is 13.8 Å². The summed E-state index contributed by atoms with van der Waals surface area (Å²) in [6, 6.07) is 7.86. The normalized spacial score (nSPS) is 10.9. The molecule has 0 aliphatic heterocycles. The molecule has 0 spiro atoms. The number of benzene rings is 1. The molecule has 4 nitrogen and oxygen atoms in total. The van der Waals surface area contributed by atoms with Crippen molar-refractivity contribution in [2.75, 3.05) is 5.73 Å². The maximum absolute atomic E-state index is 5.95. The van der Waals surface area contributed by atoms with Crippen molar-refractivity contribution in [1.29, 1.82) is 0 Å². The molecule has 2 aromatic heterocycles. The molecule has 1 aromatic carbocycles. The van der Waals surface area contributed by atoms with Gasteiger partial charge in [-0.15, -0.1) is 0 Å². The first-order valence-electron chi connectivity index (χ1n) is 6.22. The van der Waals surface area contributed by atoms with Crippen molar-refractivity contribution in [1.82, 2.24) is 15.0 Å². The standard InChI is InChI=1S/C15H13BrN4/c1-8-9(2)19-15(20-14(8)17)11-5-6-12(16)10-4-3-7-18-13(10)11/h3-7H,1-2H3,(H2,17,19,20). The topological polar surface area (TPSA) is 64.7 Å². The van der Waals surface area contributed by atoms with Crippen LogP contribution < -0.4 is 5.73 Å². The van der Waals surface area contributed by atoms with Crippen molar-refractivity contribution in [2.24, 2.45) is 0 Å². The number of halogens is 1. The van der Waals surface area contributed by atoms with Crippen LogP contribution in [-0.2, 0) is 0 Å². The Hall–Kier alpha value is -2.01. The minimum Gasteiger partial charge on any atom is -0.383 e. The van der Waals surface area contributed by atoms with Crippen molar-refractivity contribution in [2.45, 2.75) is 13.8 Å². The van der Waals surface area contributed by atoms with Crippen molar-refractivity contribution >= 4 is 32.7 Å². The number of nitrogen functional groups attached to an aromatic ring is 1. The molecular weight excluding hydrogens is 316 g/mol. The number of nitrogens with zero attached hydrogens (tertiary/aromatic N) is 3. The molecule has 2 N–H and O–H groups in total. The largest absolute Gasteiger partial charge is 0.383 e.